The number of hydrogen-bond acceptors (Lipinski definition) is 6. The molecule has 0 unspecified atom stereocenters. The minimum Gasteiger partial charge on any atom is -0.451 e. The number of nitrogens with zero attached hydrogens (tertiary/aromatic N) is 1. The zero-order valence-electron chi connectivity index (χ0n) is 16.6. The van der Waals surface area contributed by atoms with Crippen LogP contribution in [-0.2, 0) is 19.6 Å². The molecule has 3 aromatic rings. The van der Waals surface area contributed by atoms with Crippen molar-refractivity contribution in [1.82, 2.24) is 4.31 Å². The predicted molar refractivity (Wildman–Crippen MR) is 117 cm³/mol. The van der Waals surface area contributed by atoms with E-state index in [4.69, 9.17) is 4.74 Å². The fourth-order valence-corrected chi connectivity index (χ4v) is 5.39. The van der Waals surface area contributed by atoms with Crippen molar-refractivity contribution >= 4 is 49.0 Å². The predicted octanol–water partition coefficient (Wildman–Crippen LogP) is 3.73. The molecule has 0 bridgehead atoms. The van der Waals surface area contributed by atoms with Crippen LogP contribution in [0.15, 0.2) is 59.5 Å². The van der Waals surface area contributed by atoms with Crippen LogP contribution in [0.5, 0.6) is 0 Å². The number of ether oxygens (including phenoxy) is 1. The van der Waals surface area contributed by atoms with E-state index in [1.165, 1.54) is 27.8 Å². The van der Waals surface area contributed by atoms with Gasteiger partial charge in [0.2, 0.25) is 10.0 Å². The average molecular weight is 447 g/mol. The second-order valence-electron chi connectivity index (χ2n) is 6.39. The molecule has 0 aliphatic heterocycles. The van der Waals surface area contributed by atoms with Crippen LogP contribution in [0.25, 0.3) is 10.1 Å². The number of fused-ring (bicyclic) bond motifs is 1. The zero-order chi connectivity index (χ0) is 21.7. The van der Waals surface area contributed by atoms with Gasteiger partial charge in [-0.3, -0.25) is 4.79 Å². The standard InChI is InChI=1S/C21H22N2O5S2/c1-3-23(4-2)30(26,27)17-10-7-9-16(13-17)22-20(24)14-28-21(25)19-12-15-8-5-6-11-18(15)29-19/h5-13H,3-4,14H2,1-2H3,(H,22,24). The number of rotatable bonds is 8. The van der Waals surface area contributed by atoms with E-state index in [0.29, 0.717) is 23.7 Å². The van der Waals surface area contributed by atoms with Crippen molar-refractivity contribution < 1.29 is 22.7 Å². The second-order valence-corrected chi connectivity index (χ2v) is 9.41. The average Bonchev–Trinajstić information content (AvgIpc) is 3.17. The summed E-state index contributed by atoms with van der Waals surface area (Å²) in [6.45, 7) is 3.75. The van der Waals surface area contributed by atoms with Gasteiger partial charge in [0, 0.05) is 23.5 Å². The highest BCUT2D eigenvalue weighted by Crippen LogP contribution is 2.25. The molecule has 3 rings (SSSR count). The molecule has 158 valence electrons. The summed E-state index contributed by atoms with van der Waals surface area (Å²) in [5, 5.41) is 3.50. The third-order valence-electron chi connectivity index (χ3n) is 4.42. The third kappa shape index (κ3) is 4.86. The molecule has 0 fully saturated rings. The summed E-state index contributed by atoms with van der Waals surface area (Å²) in [5.74, 6) is -1.13. The zero-order valence-corrected chi connectivity index (χ0v) is 18.3. The number of carbonyl (C=O) groups is 2. The van der Waals surface area contributed by atoms with E-state index in [9.17, 15) is 18.0 Å². The summed E-state index contributed by atoms with van der Waals surface area (Å²) in [7, 11) is -3.64. The highest BCUT2D eigenvalue weighted by Gasteiger charge is 2.22. The van der Waals surface area contributed by atoms with Crippen molar-refractivity contribution in [3.63, 3.8) is 0 Å². The highest BCUT2D eigenvalue weighted by atomic mass is 32.2. The summed E-state index contributed by atoms with van der Waals surface area (Å²) in [5.41, 5.74) is 0.311. The van der Waals surface area contributed by atoms with E-state index in [-0.39, 0.29) is 4.90 Å². The topological polar surface area (TPSA) is 92.8 Å². The molecule has 0 atom stereocenters. The Hall–Kier alpha value is -2.75. The van der Waals surface area contributed by atoms with Gasteiger partial charge in [-0.05, 0) is 35.7 Å². The Labute approximate surface area is 179 Å². The number of thiophene rings is 1. The van der Waals surface area contributed by atoms with Gasteiger partial charge in [0.05, 0.1) is 4.90 Å². The summed E-state index contributed by atoms with van der Waals surface area (Å²) in [6, 6.07) is 15.3. The van der Waals surface area contributed by atoms with E-state index in [0.717, 1.165) is 10.1 Å². The van der Waals surface area contributed by atoms with Crippen molar-refractivity contribution in [3.8, 4) is 0 Å². The molecular formula is C21H22N2O5S2. The van der Waals surface area contributed by atoms with Gasteiger partial charge in [0.25, 0.3) is 5.91 Å². The molecule has 0 aliphatic carbocycles. The molecule has 2 aromatic carbocycles. The van der Waals surface area contributed by atoms with E-state index in [1.54, 1.807) is 32.0 Å². The largest absolute Gasteiger partial charge is 0.451 e. The van der Waals surface area contributed by atoms with Gasteiger partial charge in [-0.25, -0.2) is 13.2 Å². The number of carbonyl (C=O) groups excluding carboxylic acids is 2. The lowest BCUT2D eigenvalue weighted by Crippen LogP contribution is -2.30. The first kappa shape index (κ1) is 21.9. The van der Waals surface area contributed by atoms with Gasteiger partial charge in [0.15, 0.2) is 6.61 Å². The number of nitrogens with one attached hydrogen (secondary N) is 1. The Kier molecular flexibility index (Phi) is 6.86. The smallest absolute Gasteiger partial charge is 0.348 e. The van der Waals surface area contributed by atoms with Gasteiger partial charge in [-0.2, -0.15) is 4.31 Å². The molecule has 7 nitrogen and oxygen atoms in total. The molecular weight excluding hydrogens is 424 g/mol. The number of hydrogen-bond donors (Lipinski definition) is 1. The highest BCUT2D eigenvalue weighted by molar-refractivity contribution is 7.89. The van der Waals surface area contributed by atoms with Gasteiger partial charge in [0.1, 0.15) is 4.88 Å². The van der Waals surface area contributed by atoms with E-state index in [1.807, 2.05) is 24.3 Å². The first-order valence-corrected chi connectivity index (χ1v) is 11.7. The van der Waals surface area contributed by atoms with E-state index in [2.05, 4.69) is 5.32 Å². The van der Waals surface area contributed by atoms with Crippen LogP contribution in [0.4, 0.5) is 5.69 Å². The first-order valence-electron chi connectivity index (χ1n) is 9.41. The molecule has 9 heteroatoms. The fourth-order valence-electron chi connectivity index (χ4n) is 2.93. The molecule has 1 N–H and O–H groups in total. The number of benzene rings is 2. The van der Waals surface area contributed by atoms with Gasteiger partial charge in [-0.1, -0.05) is 38.1 Å². The Morgan fingerprint density at radius 2 is 1.77 bits per heavy atom. The van der Waals surface area contributed by atoms with Crippen LogP contribution in [-0.4, -0.2) is 44.3 Å². The summed E-state index contributed by atoms with van der Waals surface area (Å²) in [4.78, 5) is 24.9. The van der Waals surface area contributed by atoms with Gasteiger partial charge in [-0.15, -0.1) is 11.3 Å². The molecule has 1 amide bonds. The normalized spacial score (nSPS) is 11.6. The minimum absolute atomic E-state index is 0.0891. The van der Waals surface area contributed by atoms with Gasteiger partial charge < -0.3 is 10.1 Å². The lowest BCUT2D eigenvalue weighted by molar-refractivity contribution is -0.119. The lowest BCUT2D eigenvalue weighted by Gasteiger charge is -2.18. The quantitative estimate of drug-likeness (QED) is 0.532. The number of esters is 1. The lowest BCUT2D eigenvalue weighted by atomic mass is 10.2. The first-order chi connectivity index (χ1) is 14.3. The third-order valence-corrected chi connectivity index (χ3v) is 7.56. The maximum atomic E-state index is 12.6. The van der Waals surface area contributed by atoms with Crippen LogP contribution in [0.1, 0.15) is 23.5 Å². The summed E-state index contributed by atoms with van der Waals surface area (Å²) < 4.78 is 32.6. The fraction of sp³-hybridized carbons (Fsp3) is 0.238. The molecule has 0 spiro atoms. The Morgan fingerprint density at radius 1 is 1.03 bits per heavy atom. The Morgan fingerprint density at radius 3 is 2.47 bits per heavy atom. The molecule has 30 heavy (non-hydrogen) atoms. The van der Waals surface area contributed by atoms with Crippen molar-refractivity contribution in [2.75, 3.05) is 25.0 Å². The van der Waals surface area contributed by atoms with E-state index < -0.39 is 28.5 Å². The van der Waals surface area contributed by atoms with Crippen LogP contribution in [0.2, 0.25) is 0 Å². The Balaban J connectivity index is 1.63. The molecule has 0 aliphatic rings. The van der Waals surface area contributed by atoms with Crippen molar-refractivity contribution in [3.05, 3.63) is 59.5 Å². The minimum atomic E-state index is -3.64. The molecule has 1 heterocycles. The molecule has 0 radical (unpaired) electrons. The molecule has 0 saturated carbocycles. The monoisotopic (exact) mass is 446 g/mol. The second kappa shape index (κ2) is 9.38. The van der Waals surface area contributed by atoms with Crippen LogP contribution < -0.4 is 5.32 Å². The number of amides is 1. The SMILES string of the molecule is CCN(CC)S(=O)(=O)c1cccc(NC(=O)COC(=O)c2cc3ccccc3s2)c1. The number of sulfonamides is 1. The van der Waals surface area contributed by atoms with Crippen LogP contribution >= 0.6 is 11.3 Å². The summed E-state index contributed by atoms with van der Waals surface area (Å²) in [6.07, 6.45) is 0. The van der Waals surface area contributed by atoms with E-state index >= 15 is 0 Å². The van der Waals surface area contributed by atoms with Gasteiger partial charge >= 0.3 is 5.97 Å². The maximum absolute atomic E-state index is 12.6. The van der Waals surface area contributed by atoms with Crippen molar-refractivity contribution in [2.24, 2.45) is 0 Å². The number of anilines is 1. The van der Waals surface area contributed by atoms with Crippen molar-refractivity contribution in [2.45, 2.75) is 18.7 Å². The van der Waals surface area contributed by atoms with Crippen LogP contribution in [0, 0.1) is 0 Å². The molecule has 1 aromatic heterocycles. The van der Waals surface area contributed by atoms with Crippen LogP contribution in [0.3, 0.4) is 0 Å². The van der Waals surface area contributed by atoms with Crippen molar-refractivity contribution in [1.29, 1.82) is 0 Å². The summed E-state index contributed by atoms with van der Waals surface area (Å²) >= 11 is 1.30. The molecule has 0 saturated heterocycles. The Bertz CT molecular complexity index is 1130. The maximum Gasteiger partial charge on any atom is 0.348 e.